The van der Waals surface area contributed by atoms with Gasteiger partial charge in [0.2, 0.25) is 0 Å². The van der Waals surface area contributed by atoms with Crippen molar-refractivity contribution < 1.29 is 9.18 Å². The molecule has 0 unspecified atom stereocenters. The first-order valence-corrected chi connectivity index (χ1v) is 8.91. The molecule has 0 N–H and O–H groups in total. The van der Waals surface area contributed by atoms with Gasteiger partial charge in [0.15, 0.2) is 0 Å². The molecule has 0 bridgehead atoms. The minimum atomic E-state index is -0.291. The van der Waals surface area contributed by atoms with Crippen molar-refractivity contribution in [1.29, 1.82) is 0 Å². The molecule has 1 saturated heterocycles. The van der Waals surface area contributed by atoms with E-state index >= 15 is 0 Å². The number of hydrogen-bond donors (Lipinski definition) is 0. The fraction of sp³-hybridized carbons (Fsp3) is 0.158. The smallest absolute Gasteiger partial charge is 0.266 e. The number of carbonyl (C=O) groups is 1. The van der Waals surface area contributed by atoms with Crippen LogP contribution in [0.4, 0.5) is 4.39 Å². The van der Waals surface area contributed by atoms with E-state index in [1.54, 1.807) is 23.1 Å². The molecular weight excluding hydrogens is 341 g/mol. The van der Waals surface area contributed by atoms with Gasteiger partial charge in [0, 0.05) is 6.54 Å². The molecule has 0 saturated carbocycles. The summed E-state index contributed by atoms with van der Waals surface area (Å²) in [5.41, 5.74) is 2.05. The average molecular weight is 357 g/mol. The summed E-state index contributed by atoms with van der Waals surface area (Å²) in [4.78, 5) is 14.7. The lowest BCUT2D eigenvalue weighted by atomic mass is 10.1. The maximum atomic E-state index is 13.0. The number of halogens is 1. The summed E-state index contributed by atoms with van der Waals surface area (Å²) in [6.45, 7) is 0.611. The summed E-state index contributed by atoms with van der Waals surface area (Å²) in [5, 5.41) is 0. The Morgan fingerprint density at radius 3 is 2.50 bits per heavy atom. The highest BCUT2D eigenvalue weighted by Gasteiger charge is 2.31. The second-order valence-corrected chi connectivity index (χ2v) is 7.15. The van der Waals surface area contributed by atoms with Crippen molar-refractivity contribution in [3.8, 4) is 0 Å². The molecule has 1 aliphatic rings. The van der Waals surface area contributed by atoms with E-state index in [2.05, 4.69) is 12.1 Å². The molecule has 1 aliphatic heterocycles. The van der Waals surface area contributed by atoms with Crippen LogP contribution in [0, 0.1) is 5.82 Å². The molecule has 0 radical (unpaired) electrons. The van der Waals surface area contributed by atoms with Crippen LogP contribution >= 0.6 is 24.0 Å². The van der Waals surface area contributed by atoms with Gasteiger partial charge in [0.05, 0.1) is 4.91 Å². The summed E-state index contributed by atoms with van der Waals surface area (Å²) < 4.78 is 13.5. The highest BCUT2D eigenvalue weighted by molar-refractivity contribution is 8.26. The second kappa shape index (κ2) is 7.73. The number of amides is 1. The van der Waals surface area contributed by atoms with Crippen LogP contribution in [0.3, 0.4) is 0 Å². The maximum absolute atomic E-state index is 13.0. The van der Waals surface area contributed by atoms with Crippen molar-refractivity contribution in [2.45, 2.75) is 12.8 Å². The molecule has 1 heterocycles. The minimum Gasteiger partial charge on any atom is -0.293 e. The Morgan fingerprint density at radius 1 is 1.08 bits per heavy atom. The van der Waals surface area contributed by atoms with E-state index in [-0.39, 0.29) is 11.7 Å². The van der Waals surface area contributed by atoms with Crippen molar-refractivity contribution in [3.63, 3.8) is 0 Å². The number of rotatable bonds is 5. The van der Waals surface area contributed by atoms with Crippen molar-refractivity contribution in [1.82, 2.24) is 4.90 Å². The first-order chi connectivity index (χ1) is 11.6. The topological polar surface area (TPSA) is 20.3 Å². The second-order valence-electron chi connectivity index (χ2n) is 5.47. The Bertz CT molecular complexity index is 772. The maximum Gasteiger partial charge on any atom is 0.266 e. The Morgan fingerprint density at radius 2 is 1.79 bits per heavy atom. The standard InChI is InChI=1S/C19H16FNOS2/c20-16-10-8-15(9-11-16)13-17-18(22)21(19(23)24-17)12-4-7-14-5-2-1-3-6-14/h1-3,5-6,8-11,13H,4,7,12H2. The largest absolute Gasteiger partial charge is 0.293 e. The lowest BCUT2D eigenvalue weighted by molar-refractivity contribution is -0.122. The molecule has 0 aromatic heterocycles. The third-order valence-electron chi connectivity index (χ3n) is 3.73. The first-order valence-electron chi connectivity index (χ1n) is 7.68. The van der Waals surface area contributed by atoms with E-state index in [1.165, 1.54) is 29.5 Å². The van der Waals surface area contributed by atoms with E-state index in [0.29, 0.717) is 15.8 Å². The molecule has 0 aliphatic carbocycles. The van der Waals surface area contributed by atoms with Gasteiger partial charge in [-0.15, -0.1) is 0 Å². The molecule has 5 heteroatoms. The van der Waals surface area contributed by atoms with Crippen LogP contribution in [-0.4, -0.2) is 21.7 Å². The number of benzene rings is 2. The van der Waals surface area contributed by atoms with Gasteiger partial charge in [0.1, 0.15) is 10.1 Å². The van der Waals surface area contributed by atoms with Crippen LogP contribution in [0.15, 0.2) is 59.5 Å². The zero-order valence-electron chi connectivity index (χ0n) is 12.9. The Balaban J connectivity index is 1.62. The molecule has 2 aromatic carbocycles. The summed E-state index contributed by atoms with van der Waals surface area (Å²) in [7, 11) is 0. The third kappa shape index (κ3) is 4.10. The van der Waals surface area contributed by atoms with Crippen LogP contribution in [0.1, 0.15) is 17.5 Å². The quantitative estimate of drug-likeness (QED) is 0.573. The monoisotopic (exact) mass is 357 g/mol. The van der Waals surface area contributed by atoms with Crippen molar-refractivity contribution in [2.75, 3.05) is 6.54 Å². The number of aryl methyl sites for hydroxylation is 1. The molecule has 2 aromatic rings. The molecule has 1 fully saturated rings. The molecule has 2 nitrogen and oxygen atoms in total. The lowest BCUT2D eigenvalue weighted by Crippen LogP contribution is -2.29. The summed E-state index contributed by atoms with van der Waals surface area (Å²) >= 11 is 6.63. The average Bonchev–Trinajstić information content (AvgIpc) is 2.85. The number of nitrogens with zero attached hydrogens (tertiary/aromatic N) is 1. The van der Waals surface area contributed by atoms with E-state index in [0.717, 1.165) is 18.4 Å². The Labute approximate surface area is 150 Å². The van der Waals surface area contributed by atoms with E-state index in [1.807, 2.05) is 18.2 Å². The summed E-state index contributed by atoms with van der Waals surface area (Å²) in [6, 6.07) is 16.2. The number of carbonyl (C=O) groups excluding carboxylic acids is 1. The van der Waals surface area contributed by atoms with Crippen LogP contribution in [0.5, 0.6) is 0 Å². The van der Waals surface area contributed by atoms with Gasteiger partial charge in [-0.2, -0.15) is 0 Å². The molecular formula is C19H16FNOS2. The van der Waals surface area contributed by atoms with Crippen LogP contribution < -0.4 is 0 Å². The lowest BCUT2D eigenvalue weighted by Gasteiger charge is -2.14. The van der Waals surface area contributed by atoms with Crippen LogP contribution in [-0.2, 0) is 11.2 Å². The zero-order chi connectivity index (χ0) is 16.9. The Hall–Kier alpha value is -1.98. The Kier molecular flexibility index (Phi) is 5.43. The van der Waals surface area contributed by atoms with Crippen molar-refractivity contribution in [2.24, 2.45) is 0 Å². The van der Waals surface area contributed by atoms with Gasteiger partial charge in [0.25, 0.3) is 5.91 Å². The van der Waals surface area contributed by atoms with Gasteiger partial charge in [-0.05, 0) is 42.2 Å². The number of hydrogen-bond acceptors (Lipinski definition) is 3. The van der Waals surface area contributed by atoms with Crippen LogP contribution in [0.25, 0.3) is 6.08 Å². The predicted molar refractivity (Wildman–Crippen MR) is 101 cm³/mol. The molecule has 122 valence electrons. The van der Waals surface area contributed by atoms with Gasteiger partial charge < -0.3 is 0 Å². The SMILES string of the molecule is O=C1C(=Cc2ccc(F)cc2)SC(=S)N1CCCc1ccccc1. The van der Waals surface area contributed by atoms with Crippen molar-refractivity contribution in [3.05, 3.63) is 76.4 Å². The minimum absolute atomic E-state index is 0.0672. The first kappa shape index (κ1) is 16.9. The predicted octanol–water partition coefficient (Wildman–Crippen LogP) is 4.66. The highest BCUT2D eigenvalue weighted by atomic mass is 32.2. The van der Waals surface area contributed by atoms with Crippen molar-refractivity contribution >= 4 is 40.3 Å². The fourth-order valence-electron chi connectivity index (χ4n) is 2.49. The number of thiocarbonyl (C=S) groups is 1. The van der Waals surface area contributed by atoms with Crippen LogP contribution in [0.2, 0.25) is 0 Å². The van der Waals surface area contributed by atoms with Gasteiger partial charge in [-0.3, -0.25) is 9.69 Å². The van der Waals surface area contributed by atoms with Gasteiger partial charge >= 0.3 is 0 Å². The normalized spacial score (nSPS) is 16.2. The number of thioether (sulfide) groups is 1. The zero-order valence-corrected chi connectivity index (χ0v) is 14.6. The molecule has 0 spiro atoms. The van der Waals surface area contributed by atoms with E-state index in [9.17, 15) is 9.18 Å². The summed E-state index contributed by atoms with van der Waals surface area (Å²) in [5.74, 6) is -0.358. The van der Waals surface area contributed by atoms with E-state index in [4.69, 9.17) is 12.2 Å². The van der Waals surface area contributed by atoms with Gasteiger partial charge in [-0.25, -0.2) is 4.39 Å². The molecule has 3 rings (SSSR count). The third-order valence-corrected chi connectivity index (χ3v) is 5.11. The van der Waals surface area contributed by atoms with Gasteiger partial charge in [-0.1, -0.05) is 66.4 Å². The fourth-order valence-corrected chi connectivity index (χ4v) is 3.80. The molecule has 24 heavy (non-hydrogen) atoms. The molecule has 0 atom stereocenters. The molecule has 1 amide bonds. The summed E-state index contributed by atoms with van der Waals surface area (Å²) in [6.07, 6.45) is 3.53. The van der Waals surface area contributed by atoms with E-state index < -0.39 is 0 Å². The highest BCUT2D eigenvalue weighted by Crippen LogP contribution is 2.32.